The lowest BCUT2D eigenvalue weighted by atomic mass is 10.2. The lowest BCUT2D eigenvalue weighted by Crippen LogP contribution is -2.16. The SMILES string of the molecule is CN(Cc1ccc(F)c(F)c1)c1ccnc(Cl)c1. The molecule has 0 unspecified atom stereocenters. The highest BCUT2D eigenvalue weighted by Crippen LogP contribution is 2.18. The third-order valence-corrected chi connectivity index (χ3v) is 2.76. The minimum Gasteiger partial charge on any atom is -0.370 e. The smallest absolute Gasteiger partial charge is 0.159 e. The molecule has 0 aliphatic carbocycles. The Morgan fingerprint density at radius 3 is 2.61 bits per heavy atom. The maximum atomic E-state index is 13.1. The molecule has 0 fully saturated rings. The van der Waals surface area contributed by atoms with Crippen molar-refractivity contribution in [3.63, 3.8) is 0 Å². The number of nitrogens with zero attached hydrogens (tertiary/aromatic N) is 2. The molecule has 2 nitrogen and oxygen atoms in total. The first-order valence-corrected chi connectivity index (χ1v) is 5.70. The molecule has 0 N–H and O–H groups in total. The molecule has 5 heteroatoms. The minimum absolute atomic E-state index is 0.393. The molecule has 0 aliphatic rings. The van der Waals surface area contributed by atoms with Crippen LogP contribution in [0.2, 0.25) is 5.15 Å². The fourth-order valence-electron chi connectivity index (χ4n) is 1.63. The van der Waals surface area contributed by atoms with E-state index in [1.54, 1.807) is 24.4 Å². The predicted molar refractivity (Wildman–Crippen MR) is 67.7 cm³/mol. The maximum Gasteiger partial charge on any atom is 0.159 e. The quantitative estimate of drug-likeness (QED) is 0.790. The van der Waals surface area contributed by atoms with Crippen LogP contribution in [0.5, 0.6) is 0 Å². The van der Waals surface area contributed by atoms with Crippen LogP contribution in [0, 0.1) is 11.6 Å². The first kappa shape index (κ1) is 12.8. The molecule has 0 amide bonds. The van der Waals surface area contributed by atoms with E-state index in [0.29, 0.717) is 17.3 Å². The van der Waals surface area contributed by atoms with Gasteiger partial charge in [0, 0.05) is 25.5 Å². The average molecular weight is 269 g/mol. The van der Waals surface area contributed by atoms with Gasteiger partial charge < -0.3 is 4.90 Å². The summed E-state index contributed by atoms with van der Waals surface area (Å²) in [7, 11) is 1.84. The predicted octanol–water partition coefficient (Wildman–Crippen LogP) is 3.65. The Balaban J connectivity index is 2.16. The summed E-state index contributed by atoms with van der Waals surface area (Å²) in [5.41, 5.74) is 1.55. The van der Waals surface area contributed by atoms with Gasteiger partial charge in [0.1, 0.15) is 5.15 Å². The van der Waals surface area contributed by atoms with E-state index < -0.39 is 11.6 Å². The van der Waals surface area contributed by atoms with Crippen molar-refractivity contribution in [2.75, 3.05) is 11.9 Å². The van der Waals surface area contributed by atoms with Crippen LogP contribution in [0.3, 0.4) is 0 Å². The molecule has 18 heavy (non-hydrogen) atoms. The van der Waals surface area contributed by atoms with Crippen LogP contribution in [0.25, 0.3) is 0 Å². The maximum absolute atomic E-state index is 13.1. The van der Waals surface area contributed by atoms with Gasteiger partial charge in [-0.05, 0) is 29.8 Å². The molecule has 0 spiro atoms. The lowest BCUT2D eigenvalue weighted by molar-refractivity contribution is 0.507. The molecule has 0 atom stereocenters. The monoisotopic (exact) mass is 268 g/mol. The molecule has 2 aromatic rings. The normalized spacial score (nSPS) is 10.4. The average Bonchev–Trinajstić information content (AvgIpc) is 2.34. The van der Waals surface area contributed by atoms with Gasteiger partial charge in [-0.1, -0.05) is 17.7 Å². The van der Waals surface area contributed by atoms with Crippen molar-refractivity contribution in [2.24, 2.45) is 0 Å². The molecule has 1 aromatic carbocycles. The first-order valence-electron chi connectivity index (χ1n) is 5.33. The zero-order valence-corrected chi connectivity index (χ0v) is 10.5. The number of anilines is 1. The summed E-state index contributed by atoms with van der Waals surface area (Å²) in [6.45, 7) is 0.456. The largest absolute Gasteiger partial charge is 0.370 e. The second kappa shape index (κ2) is 5.31. The molecule has 0 saturated carbocycles. The van der Waals surface area contributed by atoms with Gasteiger partial charge in [0.25, 0.3) is 0 Å². The van der Waals surface area contributed by atoms with E-state index in [9.17, 15) is 8.78 Å². The Morgan fingerprint density at radius 1 is 1.17 bits per heavy atom. The highest BCUT2D eigenvalue weighted by Gasteiger charge is 2.06. The van der Waals surface area contributed by atoms with E-state index >= 15 is 0 Å². The Kier molecular flexibility index (Phi) is 3.77. The molecule has 0 aliphatic heterocycles. The standard InChI is InChI=1S/C13H11ClF2N2/c1-18(10-4-5-17-13(14)7-10)8-9-2-3-11(15)12(16)6-9/h2-7H,8H2,1H3. The molecule has 0 saturated heterocycles. The van der Waals surface area contributed by atoms with Crippen molar-refractivity contribution < 1.29 is 8.78 Å². The van der Waals surface area contributed by atoms with Crippen molar-refractivity contribution in [2.45, 2.75) is 6.54 Å². The molecule has 0 radical (unpaired) electrons. The minimum atomic E-state index is -0.839. The zero-order valence-electron chi connectivity index (χ0n) is 9.70. The summed E-state index contributed by atoms with van der Waals surface area (Å²) >= 11 is 5.79. The molecule has 0 bridgehead atoms. The molecule has 94 valence electrons. The topological polar surface area (TPSA) is 16.1 Å². The van der Waals surface area contributed by atoms with Gasteiger partial charge in [-0.3, -0.25) is 0 Å². The van der Waals surface area contributed by atoms with Crippen molar-refractivity contribution in [3.8, 4) is 0 Å². The number of hydrogen-bond donors (Lipinski definition) is 0. The fourth-order valence-corrected chi connectivity index (χ4v) is 1.80. The van der Waals surface area contributed by atoms with Crippen molar-refractivity contribution in [1.29, 1.82) is 0 Å². The van der Waals surface area contributed by atoms with Crippen molar-refractivity contribution in [3.05, 3.63) is 58.9 Å². The van der Waals surface area contributed by atoms with Gasteiger partial charge in [0.15, 0.2) is 11.6 Å². The summed E-state index contributed by atoms with van der Waals surface area (Å²) in [6, 6.07) is 7.37. The number of hydrogen-bond acceptors (Lipinski definition) is 2. The molecule has 2 rings (SSSR count). The number of benzene rings is 1. The fraction of sp³-hybridized carbons (Fsp3) is 0.154. The van der Waals surface area contributed by atoms with Crippen molar-refractivity contribution >= 4 is 17.3 Å². The number of aromatic nitrogens is 1. The van der Waals surface area contributed by atoms with E-state index in [0.717, 1.165) is 11.8 Å². The van der Waals surface area contributed by atoms with E-state index in [2.05, 4.69) is 4.98 Å². The van der Waals surface area contributed by atoms with E-state index in [-0.39, 0.29) is 0 Å². The molecule has 1 heterocycles. The van der Waals surface area contributed by atoms with Crippen LogP contribution in [0.15, 0.2) is 36.5 Å². The van der Waals surface area contributed by atoms with Crippen molar-refractivity contribution in [1.82, 2.24) is 4.98 Å². The molecular formula is C13H11ClF2N2. The van der Waals surface area contributed by atoms with Crippen LogP contribution < -0.4 is 4.90 Å². The Labute approximate surface area is 109 Å². The van der Waals surface area contributed by atoms with Crippen LogP contribution in [-0.4, -0.2) is 12.0 Å². The second-order valence-electron chi connectivity index (χ2n) is 3.94. The first-order chi connectivity index (χ1) is 8.56. The zero-order chi connectivity index (χ0) is 13.1. The van der Waals surface area contributed by atoms with Crippen LogP contribution in [0.4, 0.5) is 14.5 Å². The summed E-state index contributed by atoms with van der Waals surface area (Å²) in [5, 5.41) is 0.393. The number of pyridine rings is 1. The van der Waals surface area contributed by atoms with Crippen LogP contribution in [-0.2, 0) is 6.54 Å². The van der Waals surface area contributed by atoms with Gasteiger partial charge in [0.05, 0.1) is 0 Å². The van der Waals surface area contributed by atoms with E-state index in [4.69, 9.17) is 11.6 Å². The van der Waals surface area contributed by atoms with E-state index in [1.165, 1.54) is 6.07 Å². The highest BCUT2D eigenvalue weighted by atomic mass is 35.5. The number of halogens is 3. The Bertz CT molecular complexity index is 560. The Morgan fingerprint density at radius 2 is 1.94 bits per heavy atom. The van der Waals surface area contributed by atoms with Crippen LogP contribution >= 0.6 is 11.6 Å². The van der Waals surface area contributed by atoms with Gasteiger partial charge in [-0.25, -0.2) is 13.8 Å². The van der Waals surface area contributed by atoms with Gasteiger partial charge in [-0.2, -0.15) is 0 Å². The van der Waals surface area contributed by atoms with Gasteiger partial charge in [-0.15, -0.1) is 0 Å². The summed E-state index contributed by atoms with van der Waals surface area (Å²) in [5.74, 6) is -1.68. The second-order valence-corrected chi connectivity index (χ2v) is 4.33. The van der Waals surface area contributed by atoms with E-state index in [1.807, 2.05) is 11.9 Å². The van der Waals surface area contributed by atoms with Gasteiger partial charge >= 0.3 is 0 Å². The summed E-state index contributed by atoms with van der Waals surface area (Å²) in [6.07, 6.45) is 1.60. The third kappa shape index (κ3) is 2.96. The Hall–Kier alpha value is -1.68. The summed E-state index contributed by atoms with van der Waals surface area (Å²) in [4.78, 5) is 5.76. The van der Waals surface area contributed by atoms with Gasteiger partial charge in [0.2, 0.25) is 0 Å². The number of rotatable bonds is 3. The summed E-state index contributed by atoms with van der Waals surface area (Å²) < 4.78 is 25.9. The highest BCUT2D eigenvalue weighted by molar-refractivity contribution is 6.29. The van der Waals surface area contributed by atoms with Crippen LogP contribution in [0.1, 0.15) is 5.56 Å². The third-order valence-electron chi connectivity index (χ3n) is 2.55. The lowest BCUT2D eigenvalue weighted by Gasteiger charge is -2.19. The molecule has 1 aromatic heterocycles. The molecular weight excluding hydrogens is 258 g/mol.